The number of aromatic nitrogens is 3. The van der Waals surface area contributed by atoms with Gasteiger partial charge in [-0.25, -0.2) is 9.78 Å². The van der Waals surface area contributed by atoms with Crippen molar-refractivity contribution in [3.05, 3.63) is 81.9 Å². The van der Waals surface area contributed by atoms with E-state index in [1.165, 1.54) is 5.56 Å². The summed E-state index contributed by atoms with van der Waals surface area (Å²) in [7, 11) is 0. The lowest BCUT2D eigenvalue weighted by molar-refractivity contribution is 0.167. The monoisotopic (exact) mass is 578 g/mol. The van der Waals surface area contributed by atoms with Gasteiger partial charge in [-0.3, -0.25) is 0 Å². The largest absolute Gasteiger partial charge is 0.370 e. The molecule has 1 unspecified atom stereocenters. The van der Waals surface area contributed by atoms with E-state index in [0.29, 0.717) is 16.9 Å². The molecule has 2 amide bonds. The number of carbonyl (C=O) groups excluding carboxylic acids is 1. The zero-order valence-electron chi connectivity index (χ0n) is 20.3. The fraction of sp³-hybridized carbons (Fsp3) is 0.321. The minimum atomic E-state index is 0.0523. The summed E-state index contributed by atoms with van der Waals surface area (Å²) >= 11 is 10.0. The highest BCUT2D eigenvalue weighted by molar-refractivity contribution is 9.10. The Labute approximate surface area is 229 Å². The molecule has 2 aromatic carbocycles. The van der Waals surface area contributed by atoms with Crippen LogP contribution in [0.3, 0.4) is 0 Å². The number of halogens is 2. The number of nitrogens with zero attached hydrogens (tertiary/aromatic N) is 4. The van der Waals surface area contributed by atoms with Gasteiger partial charge in [0.15, 0.2) is 5.65 Å². The molecule has 0 spiro atoms. The molecule has 2 aromatic heterocycles. The highest BCUT2D eigenvalue weighted by Gasteiger charge is 2.40. The van der Waals surface area contributed by atoms with E-state index in [4.69, 9.17) is 16.6 Å². The zero-order chi connectivity index (χ0) is 25.4. The third-order valence-electron chi connectivity index (χ3n) is 7.28. The van der Waals surface area contributed by atoms with Gasteiger partial charge in [0.25, 0.3) is 0 Å². The van der Waals surface area contributed by atoms with Gasteiger partial charge in [0.1, 0.15) is 5.82 Å². The molecule has 2 fully saturated rings. The number of hydrogen-bond acceptors (Lipinski definition) is 4. The van der Waals surface area contributed by atoms with E-state index in [2.05, 4.69) is 55.9 Å². The van der Waals surface area contributed by atoms with Gasteiger partial charge in [-0.1, -0.05) is 60.1 Å². The first-order valence-corrected chi connectivity index (χ1v) is 13.9. The number of rotatable bonds is 6. The maximum atomic E-state index is 13.0. The second-order valence-corrected chi connectivity index (χ2v) is 11.1. The van der Waals surface area contributed by atoms with Gasteiger partial charge in [0.05, 0.1) is 16.4 Å². The second-order valence-electron chi connectivity index (χ2n) is 9.88. The third kappa shape index (κ3) is 5.18. The summed E-state index contributed by atoms with van der Waals surface area (Å²) in [4.78, 5) is 19.8. The number of carbonyl (C=O) groups is 1. The van der Waals surface area contributed by atoms with Crippen LogP contribution in [-0.2, 0) is 0 Å². The topological polar surface area (TPSA) is 74.6 Å². The number of urea groups is 1. The van der Waals surface area contributed by atoms with Gasteiger partial charge >= 0.3 is 6.03 Å². The van der Waals surface area contributed by atoms with Crippen molar-refractivity contribution in [2.75, 3.05) is 25.0 Å². The number of anilines is 1. The van der Waals surface area contributed by atoms with Crippen LogP contribution in [-0.4, -0.2) is 51.2 Å². The summed E-state index contributed by atoms with van der Waals surface area (Å²) in [5.74, 6) is 1.62. The predicted molar refractivity (Wildman–Crippen MR) is 150 cm³/mol. The lowest BCUT2D eigenvalue weighted by atomic mass is 9.98. The molecule has 2 N–H and O–H groups in total. The van der Waals surface area contributed by atoms with Crippen LogP contribution in [0.2, 0.25) is 5.02 Å². The molecule has 3 heterocycles. The molecule has 9 heteroatoms. The second kappa shape index (κ2) is 10.3. The molecule has 7 nitrogen and oxygen atoms in total. The normalized spacial score (nSPS) is 21.1. The summed E-state index contributed by atoms with van der Waals surface area (Å²) in [6, 6.07) is 20.4. The molecule has 190 valence electrons. The fourth-order valence-corrected chi connectivity index (χ4v) is 5.79. The molecule has 0 radical (unpaired) electrons. The van der Waals surface area contributed by atoms with Crippen molar-refractivity contribution in [1.29, 1.82) is 0 Å². The highest BCUT2D eigenvalue weighted by Crippen LogP contribution is 2.40. The standard InChI is InChI=1S/C28H28BrClN6O/c29-22-16-32-36-26(14-25(33-27(22)36)20-10-4-5-11-23(20)30)31-15-18-7-6-12-35(17-18)28(37)34-24-13-21(24)19-8-2-1-3-9-19/h1-5,8-11,14,16,18,21,24,31H,6-7,12-13,15,17H2,(H,34,37)/t18?,21-,24+/m0/s1. The Hall–Kier alpha value is -3.10. The number of amides is 2. The maximum Gasteiger partial charge on any atom is 0.317 e. The molecule has 4 aromatic rings. The van der Waals surface area contributed by atoms with E-state index in [0.717, 1.165) is 66.1 Å². The Kier molecular flexibility index (Phi) is 6.78. The smallest absolute Gasteiger partial charge is 0.317 e. The Morgan fingerprint density at radius 2 is 1.95 bits per heavy atom. The molecular weight excluding hydrogens is 552 g/mol. The average molecular weight is 580 g/mol. The summed E-state index contributed by atoms with van der Waals surface area (Å²) in [6.45, 7) is 2.27. The minimum absolute atomic E-state index is 0.0523. The molecule has 0 bridgehead atoms. The van der Waals surface area contributed by atoms with Crippen molar-refractivity contribution < 1.29 is 4.79 Å². The Morgan fingerprint density at radius 1 is 1.14 bits per heavy atom. The van der Waals surface area contributed by atoms with Gasteiger partial charge in [-0.05, 0) is 52.7 Å². The first kappa shape index (κ1) is 24.2. The molecule has 3 atom stereocenters. The van der Waals surface area contributed by atoms with Gasteiger partial charge in [-0.15, -0.1) is 0 Å². The van der Waals surface area contributed by atoms with Gasteiger partial charge in [0.2, 0.25) is 0 Å². The van der Waals surface area contributed by atoms with Crippen molar-refractivity contribution in [2.45, 2.75) is 31.2 Å². The van der Waals surface area contributed by atoms with Crippen LogP contribution in [0.25, 0.3) is 16.9 Å². The molecule has 37 heavy (non-hydrogen) atoms. The summed E-state index contributed by atoms with van der Waals surface area (Å²) in [5, 5.41) is 12.0. The predicted octanol–water partition coefficient (Wildman–Crippen LogP) is 6.20. The molecule has 1 aliphatic heterocycles. The molecule has 1 aliphatic carbocycles. The van der Waals surface area contributed by atoms with Crippen LogP contribution in [0.1, 0.15) is 30.7 Å². The number of fused-ring (bicyclic) bond motifs is 1. The number of hydrogen-bond donors (Lipinski definition) is 2. The van der Waals surface area contributed by atoms with Crippen molar-refractivity contribution in [3.8, 4) is 11.3 Å². The summed E-state index contributed by atoms with van der Waals surface area (Å²) in [5.41, 5.74) is 3.68. The van der Waals surface area contributed by atoms with Crippen LogP contribution in [0.5, 0.6) is 0 Å². The van der Waals surface area contributed by atoms with Crippen LogP contribution in [0, 0.1) is 5.92 Å². The lowest BCUT2D eigenvalue weighted by Gasteiger charge is -2.33. The van der Waals surface area contributed by atoms with Crippen LogP contribution >= 0.6 is 27.5 Å². The van der Waals surface area contributed by atoms with Gasteiger partial charge < -0.3 is 15.5 Å². The summed E-state index contributed by atoms with van der Waals surface area (Å²) < 4.78 is 2.62. The van der Waals surface area contributed by atoms with E-state index >= 15 is 0 Å². The van der Waals surface area contributed by atoms with E-state index in [1.807, 2.05) is 41.3 Å². The number of benzene rings is 2. The van der Waals surface area contributed by atoms with E-state index in [-0.39, 0.29) is 12.1 Å². The van der Waals surface area contributed by atoms with Gasteiger partial charge in [0, 0.05) is 48.2 Å². The first-order chi connectivity index (χ1) is 18.1. The lowest BCUT2D eigenvalue weighted by Crippen LogP contribution is -2.47. The van der Waals surface area contributed by atoms with Crippen molar-refractivity contribution in [1.82, 2.24) is 24.8 Å². The van der Waals surface area contributed by atoms with Gasteiger partial charge in [-0.2, -0.15) is 9.61 Å². The van der Waals surface area contributed by atoms with E-state index in [9.17, 15) is 4.79 Å². The fourth-order valence-electron chi connectivity index (χ4n) is 5.21. The number of nitrogens with one attached hydrogen (secondary N) is 2. The molecule has 6 rings (SSSR count). The first-order valence-electron chi connectivity index (χ1n) is 12.7. The van der Waals surface area contributed by atoms with Crippen LogP contribution in [0.4, 0.5) is 10.6 Å². The average Bonchev–Trinajstić information content (AvgIpc) is 3.60. The highest BCUT2D eigenvalue weighted by atomic mass is 79.9. The van der Waals surface area contributed by atoms with Crippen molar-refractivity contribution >= 4 is 45.0 Å². The Balaban J connectivity index is 1.12. The SMILES string of the molecule is O=C(N[C@@H]1C[C@H]1c1ccccc1)N1CCCC(CNc2cc(-c3ccccc3Cl)nc3c(Br)cnn23)C1. The third-order valence-corrected chi connectivity index (χ3v) is 8.17. The molecule has 1 saturated heterocycles. The minimum Gasteiger partial charge on any atom is -0.370 e. The summed E-state index contributed by atoms with van der Waals surface area (Å²) in [6.07, 6.45) is 4.83. The zero-order valence-corrected chi connectivity index (χ0v) is 22.6. The van der Waals surface area contributed by atoms with Crippen molar-refractivity contribution in [3.63, 3.8) is 0 Å². The molecule has 1 saturated carbocycles. The molecule has 2 aliphatic rings. The number of likely N-dealkylation sites (tertiary alicyclic amines) is 1. The number of piperidine rings is 1. The maximum absolute atomic E-state index is 13.0. The van der Waals surface area contributed by atoms with Crippen LogP contribution in [0.15, 0.2) is 71.3 Å². The Bertz CT molecular complexity index is 1430. The Morgan fingerprint density at radius 3 is 2.78 bits per heavy atom. The van der Waals surface area contributed by atoms with E-state index < -0.39 is 0 Å². The van der Waals surface area contributed by atoms with Crippen LogP contribution < -0.4 is 10.6 Å². The quantitative estimate of drug-likeness (QED) is 0.285. The molecular formula is C28H28BrClN6O. The van der Waals surface area contributed by atoms with E-state index in [1.54, 1.807) is 10.7 Å². The van der Waals surface area contributed by atoms with Crippen molar-refractivity contribution in [2.24, 2.45) is 5.92 Å².